The minimum absolute atomic E-state index is 0.0655. The van der Waals surface area contributed by atoms with Gasteiger partial charge in [-0.3, -0.25) is 4.79 Å². The molecule has 1 N–H and O–H groups in total. The van der Waals surface area contributed by atoms with Crippen molar-refractivity contribution < 1.29 is 13.6 Å². The second kappa shape index (κ2) is 9.06. The molecular formula is C24H24ClFN6O2. The highest BCUT2D eigenvalue weighted by Gasteiger charge is 2.34. The number of likely N-dealkylation sites (tertiary alicyclic amines) is 1. The fraction of sp³-hybridized carbons (Fsp3) is 0.333. The molecule has 1 amide bonds. The third-order valence-electron chi connectivity index (χ3n) is 6.35. The Balaban J connectivity index is 1.43. The molecule has 3 heterocycles. The van der Waals surface area contributed by atoms with Gasteiger partial charge in [0.2, 0.25) is 0 Å². The van der Waals surface area contributed by atoms with Crippen molar-refractivity contribution in [2.24, 2.45) is 5.92 Å². The molecule has 0 aliphatic carbocycles. The predicted octanol–water partition coefficient (Wildman–Crippen LogP) is 4.86. The highest BCUT2D eigenvalue weighted by Crippen LogP contribution is 2.29. The molecule has 2 aromatic heterocycles. The number of nitrogens with one attached hydrogen (secondary N) is 1. The van der Waals surface area contributed by atoms with Crippen LogP contribution in [0.15, 0.2) is 47.1 Å². The molecule has 10 heteroatoms. The Labute approximate surface area is 200 Å². The maximum Gasteiger partial charge on any atom is 0.295 e. The van der Waals surface area contributed by atoms with Gasteiger partial charge in [-0.15, -0.1) is 4.80 Å². The van der Waals surface area contributed by atoms with Crippen LogP contribution in [0.4, 0.5) is 10.4 Å². The standard InChI is InChI=1S/C24H24ClFN6O2/c1-14-4-3-11-31(19(14)13-27-24-30-18-8-6-16(25)12-20(18)34-24)23(33)17-7-5-15(2)21(26)22(17)32-28-9-10-29-32/h5-10,12,14,19H,3-4,11,13H2,1-2H3,(H,27,30). The Bertz CT molecular complexity index is 1340. The van der Waals surface area contributed by atoms with Gasteiger partial charge in [-0.2, -0.15) is 15.2 Å². The number of piperidine rings is 1. The average molecular weight is 483 g/mol. The van der Waals surface area contributed by atoms with Gasteiger partial charge in [0.25, 0.3) is 11.9 Å². The summed E-state index contributed by atoms with van der Waals surface area (Å²) in [7, 11) is 0. The van der Waals surface area contributed by atoms with Gasteiger partial charge in [0.15, 0.2) is 11.4 Å². The van der Waals surface area contributed by atoms with Crippen molar-refractivity contribution in [3.63, 3.8) is 0 Å². The minimum atomic E-state index is -0.507. The third kappa shape index (κ3) is 4.11. The van der Waals surface area contributed by atoms with Crippen molar-refractivity contribution in [3.8, 4) is 5.69 Å². The van der Waals surface area contributed by atoms with E-state index in [0.29, 0.717) is 40.8 Å². The smallest absolute Gasteiger partial charge is 0.295 e. The quantitative estimate of drug-likeness (QED) is 0.437. The number of anilines is 1. The molecule has 1 fully saturated rings. The first-order valence-corrected chi connectivity index (χ1v) is 11.6. The van der Waals surface area contributed by atoms with Gasteiger partial charge in [-0.25, -0.2) is 4.39 Å². The van der Waals surface area contributed by atoms with Gasteiger partial charge in [0, 0.05) is 24.2 Å². The van der Waals surface area contributed by atoms with Crippen molar-refractivity contribution in [2.45, 2.75) is 32.7 Å². The van der Waals surface area contributed by atoms with E-state index in [9.17, 15) is 4.79 Å². The van der Waals surface area contributed by atoms with Crippen LogP contribution in [-0.4, -0.2) is 49.9 Å². The molecule has 1 aliphatic rings. The van der Waals surface area contributed by atoms with Crippen LogP contribution in [0.1, 0.15) is 35.7 Å². The number of oxazole rings is 1. The predicted molar refractivity (Wildman–Crippen MR) is 127 cm³/mol. The maximum atomic E-state index is 15.1. The highest BCUT2D eigenvalue weighted by atomic mass is 35.5. The van der Waals surface area contributed by atoms with Gasteiger partial charge in [-0.1, -0.05) is 24.6 Å². The highest BCUT2D eigenvalue weighted by molar-refractivity contribution is 6.31. The SMILES string of the molecule is Cc1ccc(C(=O)N2CCCC(C)C2CNc2nc3ccc(Cl)cc3o2)c(-n2nccn2)c1F. The number of carbonyl (C=O) groups excluding carboxylic acids is 1. The summed E-state index contributed by atoms with van der Waals surface area (Å²) in [5, 5.41) is 11.9. The number of fused-ring (bicyclic) bond motifs is 1. The number of hydrogen-bond donors (Lipinski definition) is 1. The van der Waals surface area contributed by atoms with E-state index in [-0.39, 0.29) is 29.1 Å². The van der Waals surface area contributed by atoms with Crippen molar-refractivity contribution >= 4 is 34.6 Å². The lowest BCUT2D eigenvalue weighted by molar-refractivity contribution is 0.0538. The molecule has 0 radical (unpaired) electrons. The molecule has 0 bridgehead atoms. The monoisotopic (exact) mass is 482 g/mol. The molecule has 1 aliphatic heterocycles. The first-order valence-electron chi connectivity index (χ1n) is 11.2. The Morgan fingerprint density at radius 3 is 2.85 bits per heavy atom. The Morgan fingerprint density at radius 1 is 1.26 bits per heavy atom. The molecule has 2 atom stereocenters. The zero-order chi connectivity index (χ0) is 23.8. The molecular weight excluding hydrogens is 459 g/mol. The van der Waals surface area contributed by atoms with Crippen molar-refractivity contribution in [1.82, 2.24) is 24.9 Å². The molecule has 2 unspecified atom stereocenters. The largest absolute Gasteiger partial charge is 0.424 e. The molecule has 1 saturated heterocycles. The van der Waals surface area contributed by atoms with E-state index < -0.39 is 5.82 Å². The van der Waals surface area contributed by atoms with Crippen LogP contribution in [0.25, 0.3) is 16.8 Å². The molecule has 0 spiro atoms. The lowest BCUT2D eigenvalue weighted by Gasteiger charge is -2.40. The number of hydrogen-bond acceptors (Lipinski definition) is 6. The van der Waals surface area contributed by atoms with E-state index in [1.165, 1.54) is 17.2 Å². The normalized spacial score (nSPS) is 18.4. The Morgan fingerprint density at radius 2 is 2.06 bits per heavy atom. The number of nitrogens with zero attached hydrogens (tertiary/aromatic N) is 5. The van der Waals surface area contributed by atoms with E-state index in [4.69, 9.17) is 16.0 Å². The van der Waals surface area contributed by atoms with Crippen LogP contribution in [0.2, 0.25) is 5.02 Å². The van der Waals surface area contributed by atoms with E-state index in [1.54, 1.807) is 42.2 Å². The van der Waals surface area contributed by atoms with Crippen LogP contribution < -0.4 is 5.32 Å². The first-order chi connectivity index (χ1) is 16.4. The number of aromatic nitrogens is 4. The van der Waals surface area contributed by atoms with Gasteiger partial charge in [-0.05, 0) is 49.4 Å². The maximum absolute atomic E-state index is 15.1. The topological polar surface area (TPSA) is 89.1 Å². The Hall–Kier alpha value is -3.46. The van der Waals surface area contributed by atoms with E-state index in [1.807, 2.05) is 0 Å². The molecule has 176 valence electrons. The van der Waals surface area contributed by atoms with Gasteiger partial charge in [0.05, 0.1) is 24.0 Å². The van der Waals surface area contributed by atoms with Crippen LogP contribution in [0.3, 0.4) is 0 Å². The van der Waals surface area contributed by atoms with Gasteiger partial charge >= 0.3 is 0 Å². The fourth-order valence-electron chi connectivity index (χ4n) is 4.50. The van der Waals surface area contributed by atoms with Crippen molar-refractivity contribution in [1.29, 1.82) is 0 Å². The number of rotatable bonds is 5. The number of halogens is 2. The van der Waals surface area contributed by atoms with Crippen molar-refractivity contribution in [2.75, 3.05) is 18.4 Å². The third-order valence-corrected chi connectivity index (χ3v) is 6.58. The van der Waals surface area contributed by atoms with Gasteiger partial charge < -0.3 is 14.6 Å². The molecule has 34 heavy (non-hydrogen) atoms. The molecule has 5 rings (SSSR count). The summed E-state index contributed by atoms with van der Waals surface area (Å²) < 4.78 is 20.9. The summed E-state index contributed by atoms with van der Waals surface area (Å²) in [5.41, 5.74) is 2.00. The lowest BCUT2D eigenvalue weighted by atomic mass is 9.90. The van der Waals surface area contributed by atoms with Crippen LogP contribution in [-0.2, 0) is 0 Å². The van der Waals surface area contributed by atoms with E-state index in [2.05, 4.69) is 27.4 Å². The number of aryl methyl sites for hydroxylation is 1. The van der Waals surface area contributed by atoms with Crippen molar-refractivity contribution in [3.05, 3.63) is 64.7 Å². The molecule has 4 aromatic rings. The van der Waals surface area contributed by atoms with Crippen LogP contribution in [0.5, 0.6) is 0 Å². The second-order valence-corrected chi connectivity index (χ2v) is 9.04. The summed E-state index contributed by atoms with van der Waals surface area (Å²) in [6.07, 6.45) is 4.77. The minimum Gasteiger partial charge on any atom is -0.424 e. The summed E-state index contributed by atoms with van der Waals surface area (Å²) in [6, 6.07) is 8.75. The first kappa shape index (κ1) is 22.3. The zero-order valence-corrected chi connectivity index (χ0v) is 19.6. The van der Waals surface area contributed by atoms with Gasteiger partial charge in [0.1, 0.15) is 11.2 Å². The average Bonchev–Trinajstić information content (AvgIpc) is 3.49. The molecule has 8 nitrogen and oxygen atoms in total. The van der Waals surface area contributed by atoms with E-state index in [0.717, 1.165) is 12.8 Å². The number of amides is 1. The van der Waals surface area contributed by atoms with E-state index >= 15 is 4.39 Å². The zero-order valence-electron chi connectivity index (χ0n) is 18.8. The summed E-state index contributed by atoms with van der Waals surface area (Å²) >= 11 is 6.04. The summed E-state index contributed by atoms with van der Waals surface area (Å²) in [5.74, 6) is -0.536. The summed E-state index contributed by atoms with van der Waals surface area (Å²) in [4.78, 5) is 21.2. The van der Waals surface area contributed by atoms with Crippen LogP contribution >= 0.6 is 11.6 Å². The number of benzene rings is 2. The lowest BCUT2D eigenvalue weighted by Crippen LogP contribution is -2.51. The fourth-order valence-corrected chi connectivity index (χ4v) is 4.66. The molecule has 2 aromatic carbocycles. The second-order valence-electron chi connectivity index (χ2n) is 8.61. The van der Waals surface area contributed by atoms with Crippen LogP contribution in [0, 0.1) is 18.7 Å². The Kier molecular flexibility index (Phi) is 5.95. The number of carbonyl (C=O) groups is 1. The molecule has 0 saturated carbocycles. The summed E-state index contributed by atoms with van der Waals surface area (Å²) in [6.45, 7) is 4.78.